The van der Waals surface area contributed by atoms with Gasteiger partial charge in [0.15, 0.2) is 0 Å². The molecule has 0 aromatic heterocycles. The third-order valence-corrected chi connectivity index (χ3v) is 3.60. The van der Waals surface area contributed by atoms with Gasteiger partial charge in [0.1, 0.15) is 0 Å². The molecule has 0 aliphatic heterocycles. The van der Waals surface area contributed by atoms with Gasteiger partial charge in [0.05, 0.1) is 5.60 Å². The normalized spacial score (nSPS) is 18.8. The number of rotatable bonds is 9. The molecule has 0 aromatic carbocycles. The van der Waals surface area contributed by atoms with Crippen LogP contribution < -0.4 is 5.32 Å². The van der Waals surface area contributed by atoms with Crippen LogP contribution in [0.2, 0.25) is 0 Å². The highest BCUT2D eigenvalue weighted by Gasteiger charge is 2.36. The standard InChI is InChI=1S/C13H27NO/c1-3-4-5-6-7-11-14-12-13(15-2)9-8-10-13/h14H,3-12H2,1-2H3. The van der Waals surface area contributed by atoms with Crippen LogP contribution in [0.1, 0.15) is 58.3 Å². The van der Waals surface area contributed by atoms with Crippen molar-refractivity contribution < 1.29 is 4.74 Å². The molecule has 2 nitrogen and oxygen atoms in total. The molecule has 0 spiro atoms. The second kappa shape index (κ2) is 7.24. The van der Waals surface area contributed by atoms with Crippen LogP contribution in [-0.4, -0.2) is 25.8 Å². The van der Waals surface area contributed by atoms with E-state index in [4.69, 9.17) is 4.74 Å². The van der Waals surface area contributed by atoms with E-state index in [1.54, 1.807) is 0 Å². The summed E-state index contributed by atoms with van der Waals surface area (Å²) in [6.45, 7) is 4.48. The summed E-state index contributed by atoms with van der Waals surface area (Å²) >= 11 is 0. The summed E-state index contributed by atoms with van der Waals surface area (Å²) in [6.07, 6.45) is 10.6. The zero-order valence-electron chi connectivity index (χ0n) is 10.5. The van der Waals surface area contributed by atoms with E-state index < -0.39 is 0 Å². The first-order chi connectivity index (χ1) is 7.33. The SMILES string of the molecule is CCCCCCCNCC1(OC)CCC1. The largest absolute Gasteiger partial charge is 0.377 e. The van der Waals surface area contributed by atoms with Crippen molar-refractivity contribution in [2.45, 2.75) is 63.9 Å². The zero-order valence-corrected chi connectivity index (χ0v) is 10.5. The highest BCUT2D eigenvalue weighted by molar-refractivity contribution is 4.91. The van der Waals surface area contributed by atoms with Gasteiger partial charge in [-0.2, -0.15) is 0 Å². The van der Waals surface area contributed by atoms with Gasteiger partial charge in [0, 0.05) is 13.7 Å². The van der Waals surface area contributed by atoms with E-state index in [2.05, 4.69) is 12.2 Å². The molecular formula is C13H27NO. The first kappa shape index (κ1) is 13.0. The maximum absolute atomic E-state index is 5.56. The molecule has 1 rings (SSSR count). The minimum Gasteiger partial charge on any atom is -0.377 e. The van der Waals surface area contributed by atoms with Gasteiger partial charge in [-0.1, -0.05) is 32.6 Å². The molecule has 1 saturated carbocycles. The quantitative estimate of drug-likeness (QED) is 0.594. The fraction of sp³-hybridized carbons (Fsp3) is 1.00. The maximum atomic E-state index is 5.56. The van der Waals surface area contributed by atoms with E-state index >= 15 is 0 Å². The molecule has 0 saturated heterocycles. The van der Waals surface area contributed by atoms with Crippen molar-refractivity contribution in [2.75, 3.05) is 20.2 Å². The van der Waals surface area contributed by atoms with Crippen molar-refractivity contribution in [3.8, 4) is 0 Å². The van der Waals surface area contributed by atoms with Gasteiger partial charge in [-0.25, -0.2) is 0 Å². The van der Waals surface area contributed by atoms with Crippen LogP contribution in [0.3, 0.4) is 0 Å². The first-order valence-corrected chi connectivity index (χ1v) is 6.59. The lowest BCUT2D eigenvalue weighted by molar-refractivity contribution is -0.0692. The summed E-state index contributed by atoms with van der Waals surface area (Å²) in [6, 6.07) is 0. The molecule has 1 aliphatic rings. The van der Waals surface area contributed by atoms with Gasteiger partial charge in [-0.3, -0.25) is 0 Å². The van der Waals surface area contributed by atoms with Crippen molar-refractivity contribution in [1.29, 1.82) is 0 Å². The minimum atomic E-state index is 0.198. The lowest BCUT2D eigenvalue weighted by Crippen LogP contribution is -2.48. The summed E-state index contributed by atoms with van der Waals surface area (Å²) in [5.41, 5.74) is 0.198. The number of hydrogen-bond donors (Lipinski definition) is 1. The van der Waals surface area contributed by atoms with Crippen LogP contribution in [0.25, 0.3) is 0 Å². The minimum absolute atomic E-state index is 0.198. The molecule has 0 unspecified atom stereocenters. The molecule has 0 heterocycles. The molecule has 0 amide bonds. The molecule has 2 heteroatoms. The summed E-state index contributed by atoms with van der Waals surface area (Å²) in [5.74, 6) is 0. The van der Waals surface area contributed by atoms with E-state index in [0.717, 1.165) is 13.1 Å². The zero-order chi connectivity index (χ0) is 11.0. The Morgan fingerprint density at radius 2 is 1.87 bits per heavy atom. The van der Waals surface area contributed by atoms with Crippen LogP contribution in [0.15, 0.2) is 0 Å². The van der Waals surface area contributed by atoms with Gasteiger partial charge in [-0.05, 0) is 32.2 Å². The Balaban J connectivity index is 1.88. The van der Waals surface area contributed by atoms with Gasteiger partial charge in [0.2, 0.25) is 0 Å². The van der Waals surface area contributed by atoms with Crippen molar-refractivity contribution in [3.63, 3.8) is 0 Å². The Morgan fingerprint density at radius 1 is 1.13 bits per heavy atom. The predicted molar refractivity (Wildman–Crippen MR) is 65.2 cm³/mol. The van der Waals surface area contributed by atoms with Gasteiger partial charge < -0.3 is 10.1 Å². The number of nitrogens with one attached hydrogen (secondary N) is 1. The van der Waals surface area contributed by atoms with E-state index in [9.17, 15) is 0 Å². The Kier molecular flexibility index (Phi) is 6.26. The second-order valence-corrected chi connectivity index (χ2v) is 4.83. The fourth-order valence-corrected chi connectivity index (χ4v) is 2.19. The fourth-order valence-electron chi connectivity index (χ4n) is 2.19. The first-order valence-electron chi connectivity index (χ1n) is 6.59. The van der Waals surface area contributed by atoms with Crippen LogP contribution in [0.5, 0.6) is 0 Å². The number of methoxy groups -OCH3 is 1. The number of ether oxygens (including phenoxy) is 1. The van der Waals surface area contributed by atoms with Crippen LogP contribution in [0.4, 0.5) is 0 Å². The average molecular weight is 213 g/mol. The highest BCUT2D eigenvalue weighted by atomic mass is 16.5. The second-order valence-electron chi connectivity index (χ2n) is 4.83. The topological polar surface area (TPSA) is 21.3 Å². The lowest BCUT2D eigenvalue weighted by Gasteiger charge is -2.40. The summed E-state index contributed by atoms with van der Waals surface area (Å²) in [4.78, 5) is 0. The molecule has 1 N–H and O–H groups in total. The lowest BCUT2D eigenvalue weighted by atomic mass is 9.80. The monoisotopic (exact) mass is 213 g/mol. The molecule has 0 aromatic rings. The summed E-state index contributed by atoms with van der Waals surface area (Å²) in [7, 11) is 1.85. The van der Waals surface area contributed by atoms with Crippen molar-refractivity contribution in [1.82, 2.24) is 5.32 Å². The van der Waals surface area contributed by atoms with Crippen LogP contribution >= 0.6 is 0 Å². The molecule has 0 radical (unpaired) electrons. The summed E-state index contributed by atoms with van der Waals surface area (Å²) in [5, 5.41) is 3.53. The van der Waals surface area contributed by atoms with Crippen molar-refractivity contribution in [3.05, 3.63) is 0 Å². The molecule has 1 aliphatic carbocycles. The highest BCUT2D eigenvalue weighted by Crippen LogP contribution is 2.34. The Hall–Kier alpha value is -0.0800. The third kappa shape index (κ3) is 4.52. The molecular weight excluding hydrogens is 186 g/mol. The van der Waals surface area contributed by atoms with E-state index in [1.165, 1.54) is 51.4 Å². The van der Waals surface area contributed by atoms with Crippen molar-refractivity contribution >= 4 is 0 Å². The summed E-state index contributed by atoms with van der Waals surface area (Å²) < 4.78 is 5.56. The van der Waals surface area contributed by atoms with E-state index in [1.807, 2.05) is 7.11 Å². The molecule has 15 heavy (non-hydrogen) atoms. The number of hydrogen-bond acceptors (Lipinski definition) is 2. The number of unbranched alkanes of at least 4 members (excludes halogenated alkanes) is 4. The van der Waals surface area contributed by atoms with Crippen LogP contribution in [-0.2, 0) is 4.74 Å². The third-order valence-electron chi connectivity index (χ3n) is 3.60. The Labute approximate surface area is 94.8 Å². The van der Waals surface area contributed by atoms with Gasteiger partial charge in [-0.15, -0.1) is 0 Å². The smallest absolute Gasteiger partial charge is 0.0802 e. The Morgan fingerprint density at radius 3 is 2.40 bits per heavy atom. The van der Waals surface area contributed by atoms with Crippen LogP contribution in [0, 0.1) is 0 Å². The molecule has 1 fully saturated rings. The van der Waals surface area contributed by atoms with E-state index in [-0.39, 0.29) is 5.60 Å². The molecule has 90 valence electrons. The molecule has 0 bridgehead atoms. The molecule has 0 atom stereocenters. The van der Waals surface area contributed by atoms with E-state index in [0.29, 0.717) is 0 Å². The predicted octanol–water partition coefficient (Wildman–Crippen LogP) is 3.12. The maximum Gasteiger partial charge on any atom is 0.0802 e. The van der Waals surface area contributed by atoms with Gasteiger partial charge in [0.25, 0.3) is 0 Å². The Bertz CT molecular complexity index is 149. The van der Waals surface area contributed by atoms with Crippen molar-refractivity contribution in [2.24, 2.45) is 0 Å². The van der Waals surface area contributed by atoms with Gasteiger partial charge >= 0.3 is 0 Å². The average Bonchev–Trinajstić information content (AvgIpc) is 2.20.